The first-order valence-corrected chi connectivity index (χ1v) is 9.01. The van der Waals surface area contributed by atoms with Gasteiger partial charge < -0.3 is 20.1 Å². The summed E-state index contributed by atoms with van der Waals surface area (Å²) in [6, 6.07) is 18.7. The second-order valence-electron chi connectivity index (χ2n) is 6.37. The molecule has 3 aromatic rings. The highest BCUT2D eigenvalue weighted by Gasteiger charge is 2.13. The number of benzene rings is 3. The molecule has 29 heavy (non-hydrogen) atoms. The van der Waals surface area contributed by atoms with Crippen molar-refractivity contribution in [2.24, 2.45) is 0 Å². The summed E-state index contributed by atoms with van der Waals surface area (Å²) in [4.78, 5) is 24.4. The highest BCUT2D eigenvalue weighted by atomic mass is 16.5. The Bertz CT molecular complexity index is 1090. The van der Waals surface area contributed by atoms with Crippen molar-refractivity contribution in [3.63, 3.8) is 0 Å². The first-order chi connectivity index (χ1) is 14.0. The van der Waals surface area contributed by atoms with Crippen molar-refractivity contribution in [2.45, 2.75) is 6.92 Å². The van der Waals surface area contributed by atoms with E-state index in [4.69, 9.17) is 9.47 Å². The maximum absolute atomic E-state index is 12.8. The predicted molar refractivity (Wildman–Crippen MR) is 114 cm³/mol. The Hall–Kier alpha value is -3.80. The fraction of sp³-hybridized carbons (Fsp3) is 0.130. The number of carbonyl (C=O) groups excluding carboxylic acids is 2. The number of fused-ring (bicyclic) bond motifs is 1. The topological polar surface area (TPSA) is 76.7 Å². The van der Waals surface area contributed by atoms with Gasteiger partial charge in [0.15, 0.2) is 11.5 Å². The van der Waals surface area contributed by atoms with Gasteiger partial charge >= 0.3 is 0 Å². The third kappa shape index (κ3) is 4.93. The highest BCUT2D eigenvalue weighted by molar-refractivity contribution is 6.09. The summed E-state index contributed by atoms with van der Waals surface area (Å²) in [5.41, 5.74) is 1.44. The number of ether oxygens (including phenoxy) is 2. The summed E-state index contributed by atoms with van der Waals surface area (Å²) >= 11 is 0. The molecule has 3 aromatic carbocycles. The lowest BCUT2D eigenvalue weighted by molar-refractivity contribution is -0.120. The zero-order chi connectivity index (χ0) is 20.8. The Morgan fingerprint density at radius 3 is 2.28 bits per heavy atom. The largest absolute Gasteiger partial charge is 0.493 e. The molecular formula is C23H22N2O4. The van der Waals surface area contributed by atoms with E-state index in [1.54, 1.807) is 31.4 Å². The lowest BCUT2D eigenvalue weighted by atomic mass is 10.1. The van der Waals surface area contributed by atoms with Crippen LogP contribution in [0.5, 0.6) is 11.5 Å². The van der Waals surface area contributed by atoms with Crippen LogP contribution < -0.4 is 20.1 Å². The third-order valence-electron chi connectivity index (χ3n) is 4.28. The normalized spacial score (nSPS) is 11.1. The van der Waals surface area contributed by atoms with Gasteiger partial charge in [-0.15, -0.1) is 0 Å². The molecule has 0 radical (unpaired) electrons. The van der Waals surface area contributed by atoms with E-state index < -0.39 is 5.91 Å². The van der Waals surface area contributed by atoms with Crippen molar-refractivity contribution in [1.29, 1.82) is 0 Å². The molecule has 6 heteroatoms. The molecule has 0 saturated carbocycles. The number of hydrogen-bond donors (Lipinski definition) is 2. The van der Waals surface area contributed by atoms with Gasteiger partial charge in [-0.3, -0.25) is 9.59 Å². The Morgan fingerprint density at radius 2 is 1.59 bits per heavy atom. The number of anilines is 1. The molecule has 0 aliphatic rings. The highest BCUT2D eigenvalue weighted by Crippen LogP contribution is 2.28. The second-order valence-corrected chi connectivity index (χ2v) is 6.37. The number of carbonyl (C=O) groups is 2. The number of nitrogens with one attached hydrogen (secondary N) is 2. The second kappa shape index (κ2) is 8.93. The molecular weight excluding hydrogens is 368 g/mol. The molecule has 0 fully saturated rings. The average Bonchev–Trinajstić information content (AvgIpc) is 2.72. The van der Waals surface area contributed by atoms with Crippen molar-refractivity contribution >= 4 is 34.4 Å². The van der Waals surface area contributed by atoms with Crippen molar-refractivity contribution in [3.8, 4) is 11.5 Å². The van der Waals surface area contributed by atoms with Crippen molar-refractivity contribution in [3.05, 3.63) is 71.9 Å². The maximum atomic E-state index is 12.8. The van der Waals surface area contributed by atoms with Crippen LogP contribution in [-0.4, -0.2) is 26.0 Å². The smallest absolute Gasteiger partial charge is 0.272 e. The minimum atomic E-state index is -0.426. The first kappa shape index (κ1) is 19.9. The lowest BCUT2D eigenvalue weighted by Crippen LogP contribution is -2.28. The van der Waals surface area contributed by atoms with E-state index in [0.717, 1.165) is 10.8 Å². The molecule has 148 valence electrons. The van der Waals surface area contributed by atoms with Gasteiger partial charge in [0.2, 0.25) is 5.91 Å². The molecule has 0 aliphatic carbocycles. The minimum absolute atomic E-state index is 0.123. The minimum Gasteiger partial charge on any atom is -0.493 e. The van der Waals surface area contributed by atoms with Gasteiger partial charge in [-0.25, -0.2) is 0 Å². The number of methoxy groups -OCH3 is 2. The predicted octanol–water partition coefficient (Wildman–Crippen LogP) is 3.97. The molecule has 2 N–H and O–H groups in total. The van der Waals surface area contributed by atoms with Gasteiger partial charge in [-0.05, 0) is 46.7 Å². The van der Waals surface area contributed by atoms with Crippen LogP contribution in [0.25, 0.3) is 16.8 Å². The monoisotopic (exact) mass is 390 g/mol. The number of rotatable bonds is 6. The van der Waals surface area contributed by atoms with Gasteiger partial charge in [0, 0.05) is 12.6 Å². The van der Waals surface area contributed by atoms with Crippen LogP contribution in [0.1, 0.15) is 12.5 Å². The van der Waals surface area contributed by atoms with E-state index in [1.807, 2.05) is 42.5 Å². The van der Waals surface area contributed by atoms with Gasteiger partial charge in [-0.1, -0.05) is 36.4 Å². The number of amides is 2. The molecule has 0 bridgehead atoms. The molecule has 0 aliphatic heterocycles. The van der Waals surface area contributed by atoms with Crippen molar-refractivity contribution in [1.82, 2.24) is 5.32 Å². The van der Waals surface area contributed by atoms with E-state index in [0.29, 0.717) is 22.7 Å². The van der Waals surface area contributed by atoms with Crippen LogP contribution in [0.3, 0.4) is 0 Å². The summed E-state index contributed by atoms with van der Waals surface area (Å²) in [5.74, 6) is 0.334. The van der Waals surface area contributed by atoms with Crippen LogP contribution in [0.4, 0.5) is 5.69 Å². The van der Waals surface area contributed by atoms with Gasteiger partial charge in [0.1, 0.15) is 5.70 Å². The molecule has 0 unspecified atom stereocenters. The summed E-state index contributed by atoms with van der Waals surface area (Å²) in [5, 5.41) is 7.51. The summed E-state index contributed by atoms with van der Waals surface area (Å²) in [6.45, 7) is 1.35. The molecule has 0 saturated heterocycles. The Labute approximate surface area is 169 Å². The van der Waals surface area contributed by atoms with E-state index >= 15 is 0 Å². The lowest BCUT2D eigenvalue weighted by Gasteiger charge is -2.12. The number of hydrogen-bond acceptors (Lipinski definition) is 4. The molecule has 0 heterocycles. The molecule has 0 atom stereocenters. The zero-order valence-corrected chi connectivity index (χ0v) is 16.5. The summed E-state index contributed by atoms with van der Waals surface area (Å²) in [7, 11) is 3.08. The van der Waals surface area contributed by atoms with Crippen LogP contribution in [0, 0.1) is 0 Å². The average molecular weight is 390 g/mol. The third-order valence-corrected chi connectivity index (χ3v) is 4.28. The van der Waals surface area contributed by atoms with Crippen molar-refractivity contribution in [2.75, 3.05) is 19.5 Å². The Balaban J connectivity index is 1.89. The quantitative estimate of drug-likeness (QED) is 0.625. The van der Waals surface area contributed by atoms with Crippen LogP contribution in [0.15, 0.2) is 66.4 Å². The van der Waals surface area contributed by atoms with Gasteiger partial charge in [0.25, 0.3) is 5.91 Å². The summed E-state index contributed by atoms with van der Waals surface area (Å²) < 4.78 is 10.5. The molecule has 3 rings (SSSR count). The van der Waals surface area contributed by atoms with Crippen molar-refractivity contribution < 1.29 is 19.1 Å². The molecule has 0 spiro atoms. The molecule has 0 aromatic heterocycles. The van der Waals surface area contributed by atoms with Gasteiger partial charge in [0.05, 0.1) is 14.2 Å². The maximum Gasteiger partial charge on any atom is 0.272 e. The van der Waals surface area contributed by atoms with Crippen LogP contribution >= 0.6 is 0 Å². The first-order valence-electron chi connectivity index (χ1n) is 9.01. The van der Waals surface area contributed by atoms with E-state index in [1.165, 1.54) is 14.0 Å². The van der Waals surface area contributed by atoms with Crippen LogP contribution in [0.2, 0.25) is 0 Å². The van der Waals surface area contributed by atoms with E-state index in [-0.39, 0.29) is 11.6 Å². The Kier molecular flexibility index (Phi) is 6.14. The van der Waals surface area contributed by atoms with Gasteiger partial charge in [-0.2, -0.15) is 0 Å². The SMILES string of the molecule is COc1ccc(/C=C(\NC(C)=O)C(=O)Nc2ccc3ccccc3c2)cc1OC. The zero-order valence-electron chi connectivity index (χ0n) is 16.5. The fourth-order valence-electron chi connectivity index (χ4n) is 2.92. The van der Waals surface area contributed by atoms with E-state index in [9.17, 15) is 9.59 Å². The summed E-state index contributed by atoms with van der Waals surface area (Å²) in [6.07, 6.45) is 1.58. The fourth-order valence-corrected chi connectivity index (χ4v) is 2.92. The Morgan fingerprint density at radius 1 is 0.862 bits per heavy atom. The van der Waals surface area contributed by atoms with Crippen LogP contribution in [-0.2, 0) is 9.59 Å². The molecule has 6 nitrogen and oxygen atoms in total. The van der Waals surface area contributed by atoms with E-state index in [2.05, 4.69) is 10.6 Å². The standard InChI is InChI=1S/C23H22N2O4/c1-15(26)24-20(12-16-8-11-21(28-2)22(13-16)29-3)23(27)25-19-10-9-17-6-4-5-7-18(17)14-19/h4-14H,1-3H3,(H,24,26)(H,25,27)/b20-12-. The molecule has 2 amide bonds.